The largest absolute Gasteiger partial charge is 0.383 e. The summed E-state index contributed by atoms with van der Waals surface area (Å²) in [4.78, 5) is 13.3. The van der Waals surface area contributed by atoms with Crippen LogP contribution in [0.4, 0.5) is 4.39 Å². The van der Waals surface area contributed by atoms with Crippen molar-refractivity contribution in [2.24, 2.45) is 0 Å². The average Bonchev–Trinajstić information content (AvgIpc) is 2.33. The number of likely N-dealkylation sites (N-methyl/N-ethyl adjacent to an activating group) is 1. The zero-order valence-corrected chi connectivity index (χ0v) is 12.7. The van der Waals surface area contributed by atoms with Gasteiger partial charge < -0.3 is 10.1 Å². The first kappa shape index (κ1) is 16.1. The first-order valence-corrected chi connectivity index (χ1v) is 6.70. The van der Waals surface area contributed by atoms with Crippen molar-refractivity contribution in [2.45, 2.75) is 6.54 Å². The van der Waals surface area contributed by atoms with Gasteiger partial charge in [-0.25, -0.2) is 4.39 Å². The van der Waals surface area contributed by atoms with Crippen molar-refractivity contribution in [3.8, 4) is 0 Å². The Morgan fingerprint density at radius 2 is 2.26 bits per heavy atom. The highest BCUT2D eigenvalue weighted by Crippen LogP contribution is 2.16. The molecule has 4 nitrogen and oxygen atoms in total. The summed E-state index contributed by atoms with van der Waals surface area (Å²) >= 11 is 3.21. The fraction of sp³-hybridized carbons (Fsp3) is 0.462. The van der Waals surface area contributed by atoms with Crippen molar-refractivity contribution in [1.29, 1.82) is 0 Å². The van der Waals surface area contributed by atoms with Crippen LogP contribution in [0.15, 0.2) is 22.7 Å². The first-order chi connectivity index (χ1) is 9.02. The maximum Gasteiger partial charge on any atom is 0.234 e. The second-order valence-corrected chi connectivity index (χ2v) is 5.17. The Morgan fingerprint density at radius 1 is 1.53 bits per heavy atom. The van der Waals surface area contributed by atoms with Gasteiger partial charge in [0.25, 0.3) is 0 Å². The molecule has 0 saturated carbocycles. The molecule has 0 aromatic heterocycles. The molecule has 0 saturated heterocycles. The Morgan fingerprint density at radius 3 is 2.89 bits per heavy atom. The molecule has 1 amide bonds. The van der Waals surface area contributed by atoms with E-state index in [9.17, 15) is 9.18 Å². The van der Waals surface area contributed by atoms with Crippen molar-refractivity contribution < 1.29 is 13.9 Å². The lowest BCUT2D eigenvalue weighted by Gasteiger charge is -2.16. The lowest BCUT2D eigenvalue weighted by molar-refractivity contribution is -0.122. The van der Waals surface area contributed by atoms with Crippen molar-refractivity contribution >= 4 is 21.8 Å². The zero-order chi connectivity index (χ0) is 14.3. The second kappa shape index (κ2) is 8.24. The molecule has 0 aliphatic carbocycles. The molecule has 1 N–H and O–H groups in total. The number of carbonyl (C=O) groups excluding carboxylic acids is 1. The summed E-state index contributed by atoms with van der Waals surface area (Å²) in [6, 6.07) is 4.91. The number of rotatable bonds is 7. The van der Waals surface area contributed by atoms with Crippen LogP contribution < -0.4 is 5.32 Å². The Kier molecular flexibility index (Phi) is 6.97. The summed E-state index contributed by atoms with van der Waals surface area (Å²) < 4.78 is 19.2. The molecule has 0 aliphatic rings. The van der Waals surface area contributed by atoms with Crippen LogP contribution >= 0.6 is 15.9 Å². The molecule has 0 atom stereocenters. The predicted octanol–water partition coefficient (Wildman–Crippen LogP) is 1.78. The van der Waals surface area contributed by atoms with E-state index < -0.39 is 0 Å². The maximum absolute atomic E-state index is 13.6. The number of hydrogen-bond donors (Lipinski definition) is 1. The van der Waals surface area contributed by atoms with Crippen LogP contribution in [0.5, 0.6) is 0 Å². The first-order valence-electron chi connectivity index (χ1n) is 5.91. The summed E-state index contributed by atoms with van der Waals surface area (Å²) in [5.41, 5.74) is 0.565. The van der Waals surface area contributed by atoms with Gasteiger partial charge in [-0.3, -0.25) is 9.69 Å². The SMILES string of the molecule is COCCNC(=O)CN(C)Cc1ccc(Br)cc1F. The van der Waals surface area contributed by atoms with Gasteiger partial charge in [-0.05, 0) is 19.2 Å². The lowest BCUT2D eigenvalue weighted by Crippen LogP contribution is -2.36. The van der Waals surface area contributed by atoms with Crippen LogP contribution in [0, 0.1) is 5.82 Å². The van der Waals surface area contributed by atoms with E-state index in [0.717, 1.165) is 0 Å². The number of benzene rings is 1. The summed E-state index contributed by atoms with van der Waals surface area (Å²) in [6.45, 7) is 1.57. The Bertz CT molecular complexity index is 429. The van der Waals surface area contributed by atoms with E-state index >= 15 is 0 Å². The fourth-order valence-corrected chi connectivity index (χ4v) is 1.92. The predicted molar refractivity (Wildman–Crippen MR) is 75.3 cm³/mol. The van der Waals surface area contributed by atoms with Gasteiger partial charge in [-0.1, -0.05) is 22.0 Å². The third-order valence-electron chi connectivity index (χ3n) is 2.50. The number of halogens is 2. The molecule has 0 fully saturated rings. The monoisotopic (exact) mass is 332 g/mol. The fourth-order valence-electron chi connectivity index (χ4n) is 1.59. The molecule has 0 heterocycles. The Hall–Kier alpha value is -0.980. The number of carbonyl (C=O) groups is 1. The van der Waals surface area contributed by atoms with Gasteiger partial charge in [0.15, 0.2) is 0 Å². The van der Waals surface area contributed by atoms with Gasteiger partial charge in [0.1, 0.15) is 5.82 Å². The van der Waals surface area contributed by atoms with Gasteiger partial charge in [0.2, 0.25) is 5.91 Å². The maximum atomic E-state index is 13.6. The highest BCUT2D eigenvalue weighted by molar-refractivity contribution is 9.10. The Balaban J connectivity index is 2.42. The number of nitrogens with zero attached hydrogens (tertiary/aromatic N) is 1. The van der Waals surface area contributed by atoms with Crippen molar-refractivity contribution in [3.63, 3.8) is 0 Å². The van der Waals surface area contributed by atoms with Crippen LogP contribution in [0.1, 0.15) is 5.56 Å². The highest BCUT2D eigenvalue weighted by Gasteiger charge is 2.09. The van der Waals surface area contributed by atoms with E-state index in [4.69, 9.17) is 4.74 Å². The van der Waals surface area contributed by atoms with E-state index in [0.29, 0.717) is 29.7 Å². The smallest absolute Gasteiger partial charge is 0.234 e. The minimum Gasteiger partial charge on any atom is -0.383 e. The molecule has 0 unspecified atom stereocenters. The molecule has 1 rings (SSSR count). The molecule has 0 aliphatic heterocycles. The molecule has 0 spiro atoms. The molecular formula is C13H18BrFN2O2. The quantitative estimate of drug-likeness (QED) is 0.774. The van der Waals surface area contributed by atoms with Gasteiger partial charge in [0.05, 0.1) is 13.2 Å². The zero-order valence-electron chi connectivity index (χ0n) is 11.1. The molecule has 1 aromatic carbocycles. The topological polar surface area (TPSA) is 41.6 Å². The van der Waals surface area contributed by atoms with E-state index in [-0.39, 0.29) is 18.3 Å². The number of methoxy groups -OCH3 is 1. The lowest BCUT2D eigenvalue weighted by atomic mass is 10.2. The summed E-state index contributed by atoms with van der Waals surface area (Å²) in [7, 11) is 3.35. The summed E-state index contributed by atoms with van der Waals surface area (Å²) in [6.07, 6.45) is 0. The number of hydrogen-bond acceptors (Lipinski definition) is 3. The third-order valence-corrected chi connectivity index (χ3v) is 2.99. The molecule has 0 bridgehead atoms. The van der Waals surface area contributed by atoms with E-state index in [1.165, 1.54) is 6.07 Å². The standard InChI is InChI=1S/C13H18BrFN2O2/c1-17(9-13(18)16-5-6-19-2)8-10-3-4-11(14)7-12(10)15/h3-4,7H,5-6,8-9H2,1-2H3,(H,16,18). The molecular weight excluding hydrogens is 315 g/mol. The van der Waals surface area contributed by atoms with Crippen LogP contribution in [0.3, 0.4) is 0 Å². The van der Waals surface area contributed by atoms with Crippen molar-refractivity contribution in [2.75, 3.05) is 33.9 Å². The Labute approximate surface area is 121 Å². The van der Waals surface area contributed by atoms with Crippen LogP contribution in [0.2, 0.25) is 0 Å². The van der Waals surface area contributed by atoms with Crippen molar-refractivity contribution in [1.82, 2.24) is 10.2 Å². The van der Waals surface area contributed by atoms with E-state index in [1.54, 1.807) is 31.2 Å². The highest BCUT2D eigenvalue weighted by atomic mass is 79.9. The number of nitrogens with one attached hydrogen (secondary N) is 1. The number of amides is 1. The minimum absolute atomic E-state index is 0.0999. The van der Waals surface area contributed by atoms with Crippen LogP contribution in [0.25, 0.3) is 0 Å². The normalized spacial score (nSPS) is 10.8. The molecule has 19 heavy (non-hydrogen) atoms. The van der Waals surface area contributed by atoms with Crippen LogP contribution in [-0.4, -0.2) is 44.7 Å². The van der Waals surface area contributed by atoms with E-state index in [2.05, 4.69) is 21.2 Å². The molecule has 106 valence electrons. The van der Waals surface area contributed by atoms with Gasteiger partial charge >= 0.3 is 0 Å². The minimum atomic E-state index is -0.277. The van der Waals surface area contributed by atoms with Gasteiger partial charge in [-0.2, -0.15) is 0 Å². The van der Waals surface area contributed by atoms with Crippen LogP contribution in [-0.2, 0) is 16.1 Å². The molecule has 1 aromatic rings. The summed E-state index contributed by atoms with van der Waals surface area (Å²) in [5.74, 6) is -0.377. The van der Waals surface area contributed by atoms with Crippen molar-refractivity contribution in [3.05, 3.63) is 34.1 Å². The number of ether oxygens (including phenoxy) is 1. The van der Waals surface area contributed by atoms with Gasteiger partial charge in [0, 0.05) is 30.2 Å². The molecule has 6 heteroatoms. The van der Waals surface area contributed by atoms with E-state index in [1.807, 2.05) is 0 Å². The average molecular weight is 333 g/mol. The summed E-state index contributed by atoms with van der Waals surface area (Å²) in [5, 5.41) is 2.72. The molecule has 0 radical (unpaired) electrons. The van der Waals surface area contributed by atoms with Gasteiger partial charge in [-0.15, -0.1) is 0 Å². The third kappa shape index (κ3) is 6.13. The second-order valence-electron chi connectivity index (χ2n) is 4.25.